The normalized spacial score (nSPS) is 12.5. The van der Waals surface area contributed by atoms with Crippen LogP contribution in [0.3, 0.4) is 0 Å². The predicted octanol–water partition coefficient (Wildman–Crippen LogP) is 5.07. The summed E-state index contributed by atoms with van der Waals surface area (Å²) in [6, 6.07) is 14.8. The molecule has 0 amide bonds. The fraction of sp³-hybridized carbons (Fsp3) is 0.250. The average molecular weight is 273 g/mol. The topological polar surface area (TPSA) is 23.8 Å². The first-order valence-corrected chi connectivity index (χ1v) is 6.99. The van der Waals surface area contributed by atoms with Gasteiger partial charge in [-0.05, 0) is 45.9 Å². The summed E-state index contributed by atoms with van der Waals surface area (Å²) in [5.41, 5.74) is 3.69. The molecular weight excluding hydrogens is 254 g/mol. The molecule has 21 heavy (non-hydrogen) atoms. The minimum Gasteiger partial charge on any atom is -0.192 e. The Hall–Kier alpha value is -2.51. The Kier molecular flexibility index (Phi) is 3.88. The number of hydrogen-bond donors (Lipinski definition) is 0. The van der Waals surface area contributed by atoms with Crippen molar-refractivity contribution in [3.8, 4) is 18.4 Å². The zero-order valence-electron chi connectivity index (χ0n) is 13.0. The highest BCUT2D eigenvalue weighted by atomic mass is 14.2. The zero-order valence-corrected chi connectivity index (χ0v) is 13.0. The quantitative estimate of drug-likeness (QED) is 0.526. The Labute approximate surface area is 126 Å². The zero-order chi connectivity index (χ0) is 15.6. The molecule has 0 N–H and O–H groups in total. The van der Waals surface area contributed by atoms with Crippen LogP contribution >= 0.6 is 0 Å². The van der Waals surface area contributed by atoms with Gasteiger partial charge in [0.1, 0.15) is 11.6 Å². The van der Waals surface area contributed by atoms with Crippen LogP contribution in [0, 0.1) is 23.7 Å². The highest BCUT2D eigenvalue weighted by molar-refractivity contribution is 5.88. The third-order valence-electron chi connectivity index (χ3n) is 3.77. The Morgan fingerprint density at radius 1 is 1.05 bits per heavy atom. The minimum absolute atomic E-state index is 0.139. The molecule has 104 valence electrons. The number of fused-ring (bicyclic) bond motifs is 1. The lowest BCUT2D eigenvalue weighted by Crippen LogP contribution is -2.10. The van der Waals surface area contributed by atoms with Gasteiger partial charge in [-0.1, -0.05) is 57.0 Å². The standard InChI is InChI=1S/C20H19N/c1-6-15(13-21)14(2)16-7-8-18-12-19(20(3,4)5)10-9-17(18)11-16/h1,7-12H,2-5H3/b15-14-. The number of terminal acetylenes is 1. The molecule has 2 rings (SSSR count). The van der Waals surface area contributed by atoms with Gasteiger partial charge in [0.2, 0.25) is 0 Å². The fourth-order valence-electron chi connectivity index (χ4n) is 2.31. The van der Waals surface area contributed by atoms with Crippen molar-refractivity contribution in [1.29, 1.82) is 5.26 Å². The number of allylic oxidation sites excluding steroid dienone is 2. The Bertz CT molecular complexity index is 786. The molecule has 0 radical (unpaired) electrons. The molecular formula is C20H19N. The van der Waals surface area contributed by atoms with Gasteiger partial charge in [-0.2, -0.15) is 5.26 Å². The van der Waals surface area contributed by atoms with Gasteiger partial charge in [-0.3, -0.25) is 0 Å². The molecule has 0 saturated carbocycles. The summed E-state index contributed by atoms with van der Waals surface area (Å²) in [4.78, 5) is 0. The molecule has 2 aromatic rings. The molecule has 0 atom stereocenters. The number of rotatable bonds is 1. The monoisotopic (exact) mass is 273 g/mol. The largest absolute Gasteiger partial charge is 0.192 e. The number of nitriles is 1. The molecule has 1 nitrogen and oxygen atoms in total. The van der Waals surface area contributed by atoms with Crippen molar-refractivity contribution in [1.82, 2.24) is 0 Å². The maximum atomic E-state index is 9.05. The number of nitrogens with zero attached hydrogens (tertiary/aromatic N) is 1. The van der Waals surface area contributed by atoms with E-state index in [1.807, 2.05) is 13.0 Å². The SMILES string of the molecule is C#C/C(C#N)=C(\C)c1ccc2cc(C(C)(C)C)ccc2c1. The lowest BCUT2D eigenvalue weighted by molar-refractivity contribution is 0.591. The first-order chi connectivity index (χ1) is 9.86. The third kappa shape index (κ3) is 2.99. The molecule has 1 heteroatoms. The molecule has 0 bridgehead atoms. The lowest BCUT2D eigenvalue weighted by Gasteiger charge is -2.19. The second-order valence-electron chi connectivity index (χ2n) is 6.28. The maximum Gasteiger partial charge on any atom is 0.109 e. The first-order valence-electron chi connectivity index (χ1n) is 6.99. The number of hydrogen-bond acceptors (Lipinski definition) is 1. The van der Waals surface area contributed by atoms with Crippen LogP contribution in [0.5, 0.6) is 0 Å². The summed E-state index contributed by atoms with van der Waals surface area (Å²) in [6.07, 6.45) is 5.37. The second-order valence-corrected chi connectivity index (χ2v) is 6.28. The minimum atomic E-state index is 0.139. The molecule has 0 heterocycles. The van der Waals surface area contributed by atoms with E-state index >= 15 is 0 Å². The molecule has 0 aromatic heterocycles. The lowest BCUT2D eigenvalue weighted by atomic mass is 9.85. The van der Waals surface area contributed by atoms with Gasteiger partial charge in [0.05, 0.1) is 0 Å². The molecule has 2 aromatic carbocycles. The highest BCUT2D eigenvalue weighted by Crippen LogP contribution is 2.28. The average Bonchev–Trinajstić information content (AvgIpc) is 2.46. The van der Waals surface area contributed by atoms with E-state index in [4.69, 9.17) is 11.7 Å². The summed E-state index contributed by atoms with van der Waals surface area (Å²) < 4.78 is 0. The smallest absolute Gasteiger partial charge is 0.109 e. The first kappa shape index (κ1) is 14.9. The van der Waals surface area contributed by atoms with Crippen molar-refractivity contribution >= 4 is 16.3 Å². The molecule has 0 aliphatic carbocycles. The van der Waals surface area contributed by atoms with Gasteiger partial charge in [-0.15, -0.1) is 6.42 Å². The van der Waals surface area contributed by atoms with E-state index in [-0.39, 0.29) is 5.41 Å². The number of benzene rings is 2. The van der Waals surface area contributed by atoms with Crippen LogP contribution in [0.15, 0.2) is 42.0 Å². The third-order valence-corrected chi connectivity index (χ3v) is 3.77. The summed E-state index contributed by atoms with van der Waals surface area (Å²) in [5.74, 6) is 2.45. The Morgan fingerprint density at radius 2 is 1.67 bits per heavy atom. The molecule has 0 aliphatic rings. The molecule has 0 saturated heterocycles. The van der Waals surface area contributed by atoms with E-state index in [0.29, 0.717) is 5.57 Å². The van der Waals surface area contributed by atoms with E-state index in [1.54, 1.807) is 0 Å². The van der Waals surface area contributed by atoms with E-state index in [1.165, 1.54) is 10.9 Å². The van der Waals surface area contributed by atoms with E-state index in [0.717, 1.165) is 16.5 Å². The van der Waals surface area contributed by atoms with Crippen LogP contribution < -0.4 is 0 Å². The van der Waals surface area contributed by atoms with Crippen LogP contribution in [-0.4, -0.2) is 0 Å². The van der Waals surface area contributed by atoms with Crippen molar-refractivity contribution in [2.75, 3.05) is 0 Å². The van der Waals surface area contributed by atoms with Crippen LogP contribution in [0.2, 0.25) is 0 Å². The Balaban J connectivity index is 2.58. The van der Waals surface area contributed by atoms with Crippen molar-refractivity contribution in [3.05, 3.63) is 53.1 Å². The van der Waals surface area contributed by atoms with Crippen molar-refractivity contribution in [2.24, 2.45) is 0 Å². The Morgan fingerprint density at radius 3 is 2.24 bits per heavy atom. The van der Waals surface area contributed by atoms with Gasteiger partial charge < -0.3 is 0 Å². The van der Waals surface area contributed by atoms with Crippen LogP contribution in [-0.2, 0) is 5.41 Å². The summed E-state index contributed by atoms with van der Waals surface area (Å²) in [7, 11) is 0. The second kappa shape index (κ2) is 5.47. The summed E-state index contributed by atoms with van der Waals surface area (Å²) >= 11 is 0. The van der Waals surface area contributed by atoms with E-state index in [9.17, 15) is 0 Å². The van der Waals surface area contributed by atoms with Crippen molar-refractivity contribution in [3.63, 3.8) is 0 Å². The van der Waals surface area contributed by atoms with E-state index in [2.05, 4.69) is 63.1 Å². The molecule has 0 spiro atoms. The van der Waals surface area contributed by atoms with Gasteiger partial charge in [-0.25, -0.2) is 0 Å². The van der Waals surface area contributed by atoms with Crippen LogP contribution in [0.1, 0.15) is 38.8 Å². The van der Waals surface area contributed by atoms with Crippen LogP contribution in [0.4, 0.5) is 0 Å². The van der Waals surface area contributed by atoms with Crippen molar-refractivity contribution in [2.45, 2.75) is 33.1 Å². The summed E-state index contributed by atoms with van der Waals surface area (Å²) in [6.45, 7) is 8.52. The molecule has 0 aliphatic heterocycles. The van der Waals surface area contributed by atoms with Gasteiger partial charge in [0, 0.05) is 0 Å². The highest BCUT2D eigenvalue weighted by Gasteiger charge is 2.13. The fourth-order valence-corrected chi connectivity index (χ4v) is 2.31. The maximum absolute atomic E-state index is 9.05. The molecule has 0 fully saturated rings. The van der Waals surface area contributed by atoms with Gasteiger partial charge in [0.15, 0.2) is 0 Å². The predicted molar refractivity (Wildman–Crippen MR) is 89.7 cm³/mol. The summed E-state index contributed by atoms with van der Waals surface area (Å²) in [5, 5.41) is 11.4. The van der Waals surface area contributed by atoms with Crippen LogP contribution in [0.25, 0.3) is 16.3 Å². The van der Waals surface area contributed by atoms with E-state index < -0.39 is 0 Å². The van der Waals surface area contributed by atoms with Gasteiger partial charge in [0.25, 0.3) is 0 Å². The molecule has 0 unspecified atom stereocenters. The van der Waals surface area contributed by atoms with Crippen molar-refractivity contribution < 1.29 is 0 Å². The van der Waals surface area contributed by atoms with Gasteiger partial charge >= 0.3 is 0 Å².